The second-order valence-corrected chi connectivity index (χ2v) is 4.57. The molecular weight excluding hydrogens is 253 g/mol. The molecule has 2 aromatic rings. The van der Waals surface area contributed by atoms with Gasteiger partial charge in [-0.1, -0.05) is 11.6 Å². The van der Waals surface area contributed by atoms with E-state index in [9.17, 15) is 4.39 Å². The van der Waals surface area contributed by atoms with Crippen LogP contribution in [0, 0.1) is 12.7 Å². The first-order valence-electron chi connectivity index (χ1n) is 5.77. The maximum atomic E-state index is 13.8. The molecule has 0 radical (unpaired) electrons. The number of halogens is 2. The van der Waals surface area contributed by atoms with Gasteiger partial charge in [0.05, 0.1) is 5.69 Å². The van der Waals surface area contributed by atoms with Gasteiger partial charge in [0.1, 0.15) is 11.6 Å². The van der Waals surface area contributed by atoms with Crippen molar-refractivity contribution < 1.29 is 4.39 Å². The van der Waals surface area contributed by atoms with Crippen molar-refractivity contribution in [3.05, 3.63) is 40.6 Å². The Balaban J connectivity index is 2.38. The predicted octanol–water partition coefficient (Wildman–Crippen LogP) is 2.94. The molecule has 0 saturated carbocycles. The third-order valence-electron chi connectivity index (χ3n) is 2.73. The molecule has 0 bridgehead atoms. The van der Waals surface area contributed by atoms with Crippen LogP contribution in [0.15, 0.2) is 18.2 Å². The summed E-state index contributed by atoms with van der Waals surface area (Å²) in [5.74, 6) is 0.533. The van der Waals surface area contributed by atoms with Crippen LogP contribution in [0.25, 0.3) is 11.3 Å². The van der Waals surface area contributed by atoms with Crippen LogP contribution in [0.2, 0.25) is 5.02 Å². The molecule has 18 heavy (non-hydrogen) atoms. The van der Waals surface area contributed by atoms with Crippen molar-refractivity contribution in [3.63, 3.8) is 0 Å². The van der Waals surface area contributed by atoms with Crippen LogP contribution in [0.4, 0.5) is 4.39 Å². The molecule has 0 aliphatic carbocycles. The number of benzene rings is 1. The number of aromatic amines is 1. The zero-order chi connectivity index (χ0) is 13.1. The Morgan fingerprint density at radius 2 is 2.22 bits per heavy atom. The fourth-order valence-electron chi connectivity index (χ4n) is 1.83. The minimum Gasteiger partial charge on any atom is -0.346 e. The summed E-state index contributed by atoms with van der Waals surface area (Å²) in [4.78, 5) is 7.59. The fraction of sp³-hybridized carbons (Fsp3) is 0.308. The third-order valence-corrected chi connectivity index (χ3v) is 2.96. The Morgan fingerprint density at radius 1 is 1.44 bits per heavy atom. The number of likely N-dealkylation sites (N-methyl/N-ethyl adjacent to an activating group) is 1. The molecule has 0 spiro atoms. The van der Waals surface area contributed by atoms with Gasteiger partial charge in [-0.15, -0.1) is 0 Å². The van der Waals surface area contributed by atoms with E-state index in [2.05, 4.69) is 15.3 Å². The van der Waals surface area contributed by atoms with Gasteiger partial charge in [0, 0.05) is 29.2 Å². The molecule has 0 atom stereocenters. The van der Waals surface area contributed by atoms with Crippen molar-refractivity contribution in [2.45, 2.75) is 13.3 Å². The number of hydrogen-bond acceptors (Lipinski definition) is 2. The van der Waals surface area contributed by atoms with Crippen LogP contribution in [0.5, 0.6) is 0 Å². The number of hydrogen-bond donors (Lipinski definition) is 2. The molecule has 96 valence electrons. The summed E-state index contributed by atoms with van der Waals surface area (Å²) in [6.45, 7) is 2.70. The van der Waals surface area contributed by atoms with Crippen molar-refractivity contribution in [1.29, 1.82) is 0 Å². The monoisotopic (exact) mass is 267 g/mol. The van der Waals surface area contributed by atoms with Crippen molar-refractivity contribution in [1.82, 2.24) is 15.3 Å². The summed E-state index contributed by atoms with van der Waals surface area (Å²) < 4.78 is 13.8. The predicted molar refractivity (Wildman–Crippen MR) is 71.4 cm³/mol. The lowest BCUT2D eigenvalue weighted by atomic mass is 10.1. The molecular formula is C13H15ClFN3. The highest BCUT2D eigenvalue weighted by atomic mass is 35.5. The van der Waals surface area contributed by atoms with Gasteiger partial charge in [-0.05, 0) is 32.2 Å². The number of H-pyrrole nitrogens is 1. The highest BCUT2D eigenvalue weighted by molar-refractivity contribution is 6.30. The number of nitrogens with zero attached hydrogens (tertiary/aromatic N) is 1. The van der Waals surface area contributed by atoms with Gasteiger partial charge in [-0.3, -0.25) is 0 Å². The van der Waals surface area contributed by atoms with E-state index in [0.717, 1.165) is 24.5 Å². The topological polar surface area (TPSA) is 40.7 Å². The third kappa shape index (κ3) is 2.71. The quantitative estimate of drug-likeness (QED) is 0.894. The van der Waals surface area contributed by atoms with E-state index in [-0.39, 0.29) is 5.82 Å². The SMILES string of the molecule is CNCCc1nc(-c2cc(Cl)ccc2F)c(C)[nH]1. The first-order chi connectivity index (χ1) is 8.61. The van der Waals surface area contributed by atoms with E-state index < -0.39 is 0 Å². The van der Waals surface area contributed by atoms with E-state index in [4.69, 9.17) is 11.6 Å². The zero-order valence-corrected chi connectivity index (χ0v) is 11.1. The highest BCUT2D eigenvalue weighted by Gasteiger charge is 2.13. The normalized spacial score (nSPS) is 10.9. The summed E-state index contributed by atoms with van der Waals surface area (Å²) in [6.07, 6.45) is 0.777. The van der Waals surface area contributed by atoms with Crippen LogP contribution in [0.3, 0.4) is 0 Å². The van der Waals surface area contributed by atoms with Crippen LogP contribution in [-0.2, 0) is 6.42 Å². The molecule has 0 saturated heterocycles. The summed E-state index contributed by atoms with van der Waals surface area (Å²) in [5, 5.41) is 3.56. The summed E-state index contributed by atoms with van der Waals surface area (Å²) in [5.41, 5.74) is 1.91. The summed E-state index contributed by atoms with van der Waals surface area (Å²) >= 11 is 5.89. The molecule has 3 nitrogen and oxygen atoms in total. The van der Waals surface area contributed by atoms with Crippen LogP contribution in [-0.4, -0.2) is 23.6 Å². The zero-order valence-electron chi connectivity index (χ0n) is 10.3. The Labute approximate surface area is 110 Å². The van der Waals surface area contributed by atoms with Gasteiger partial charge in [0.15, 0.2) is 0 Å². The Bertz CT molecular complexity index is 551. The average molecular weight is 268 g/mol. The Morgan fingerprint density at radius 3 is 2.94 bits per heavy atom. The molecule has 0 aliphatic rings. The van der Waals surface area contributed by atoms with Crippen LogP contribution in [0.1, 0.15) is 11.5 Å². The highest BCUT2D eigenvalue weighted by Crippen LogP contribution is 2.27. The molecule has 2 rings (SSSR count). The molecule has 5 heteroatoms. The molecule has 0 aliphatic heterocycles. The molecule has 0 fully saturated rings. The maximum absolute atomic E-state index is 13.8. The van der Waals surface area contributed by atoms with E-state index in [1.165, 1.54) is 12.1 Å². The number of imidazole rings is 1. The first kappa shape index (κ1) is 13.1. The van der Waals surface area contributed by atoms with Gasteiger partial charge in [-0.25, -0.2) is 9.37 Å². The van der Waals surface area contributed by atoms with E-state index in [1.807, 2.05) is 14.0 Å². The van der Waals surface area contributed by atoms with Gasteiger partial charge in [0.25, 0.3) is 0 Å². The van der Waals surface area contributed by atoms with Gasteiger partial charge in [0.2, 0.25) is 0 Å². The van der Waals surface area contributed by atoms with Crippen molar-refractivity contribution in [2.75, 3.05) is 13.6 Å². The number of rotatable bonds is 4. The maximum Gasteiger partial charge on any atom is 0.132 e. The van der Waals surface area contributed by atoms with Crippen molar-refractivity contribution in [2.24, 2.45) is 0 Å². The van der Waals surface area contributed by atoms with E-state index >= 15 is 0 Å². The fourth-order valence-corrected chi connectivity index (χ4v) is 2.00. The van der Waals surface area contributed by atoms with Crippen LogP contribution >= 0.6 is 11.6 Å². The lowest BCUT2D eigenvalue weighted by Gasteiger charge is -2.01. The van der Waals surface area contributed by atoms with Crippen molar-refractivity contribution in [3.8, 4) is 11.3 Å². The lowest BCUT2D eigenvalue weighted by Crippen LogP contribution is -2.11. The summed E-state index contributed by atoms with van der Waals surface area (Å²) in [7, 11) is 1.88. The lowest BCUT2D eigenvalue weighted by molar-refractivity contribution is 0.630. The first-order valence-corrected chi connectivity index (χ1v) is 6.15. The van der Waals surface area contributed by atoms with Gasteiger partial charge in [-0.2, -0.15) is 0 Å². The van der Waals surface area contributed by atoms with Crippen LogP contribution < -0.4 is 5.32 Å². The van der Waals surface area contributed by atoms with E-state index in [1.54, 1.807) is 6.07 Å². The molecule has 0 unspecified atom stereocenters. The smallest absolute Gasteiger partial charge is 0.132 e. The number of aromatic nitrogens is 2. The van der Waals surface area contributed by atoms with E-state index in [0.29, 0.717) is 16.3 Å². The molecule has 2 N–H and O–H groups in total. The minimum absolute atomic E-state index is 0.311. The molecule has 1 aromatic carbocycles. The second kappa shape index (κ2) is 5.50. The number of nitrogens with one attached hydrogen (secondary N) is 2. The molecule has 1 aromatic heterocycles. The molecule has 1 heterocycles. The largest absolute Gasteiger partial charge is 0.346 e. The second-order valence-electron chi connectivity index (χ2n) is 4.13. The Kier molecular flexibility index (Phi) is 3.99. The van der Waals surface area contributed by atoms with Crippen molar-refractivity contribution >= 4 is 11.6 Å². The molecule has 0 amide bonds. The summed E-state index contributed by atoms with van der Waals surface area (Å²) in [6, 6.07) is 4.49. The number of aryl methyl sites for hydroxylation is 1. The Hall–Kier alpha value is -1.39. The van der Waals surface area contributed by atoms with Gasteiger partial charge < -0.3 is 10.3 Å². The standard InChI is InChI=1S/C13H15ClFN3/c1-8-13(18-12(17-8)5-6-16-2)10-7-9(14)3-4-11(10)15/h3-4,7,16H,5-6H2,1-2H3,(H,17,18). The average Bonchev–Trinajstić information content (AvgIpc) is 2.71. The van der Waals surface area contributed by atoms with Gasteiger partial charge >= 0.3 is 0 Å². The minimum atomic E-state index is -0.311.